The van der Waals surface area contributed by atoms with Gasteiger partial charge >= 0.3 is 0 Å². The van der Waals surface area contributed by atoms with Gasteiger partial charge in [0.05, 0.1) is 6.20 Å². The predicted octanol–water partition coefficient (Wildman–Crippen LogP) is 2.48. The Morgan fingerprint density at radius 1 is 1.28 bits per heavy atom. The van der Waals surface area contributed by atoms with Crippen molar-refractivity contribution in [1.29, 1.82) is 0 Å². The average molecular weight is 263 g/mol. The highest BCUT2D eigenvalue weighted by Crippen LogP contribution is 2.33. The Morgan fingerprint density at radius 2 is 2.11 bits per heavy atom. The first kappa shape index (κ1) is 11.3. The van der Waals surface area contributed by atoms with Crippen molar-refractivity contribution in [2.75, 3.05) is 18.5 Å². The summed E-state index contributed by atoms with van der Waals surface area (Å²) < 4.78 is 14.9. The SMILES string of the molecule is CC(Nc1cnns1)c1ccc2c(c1)OCCO2. The highest BCUT2D eigenvalue weighted by Gasteiger charge is 2.14. The fraction of sp³-hybridized carbons (Fsp3) is 0.333. The van der Waals surface area contributed by atoms with Crippen LogP contribution in [0.5, 0.6) is 11.5 Å². The van der Waals surface area contributed by atoms with Gasteiger partial charge in [0.15, 0.2) is 11.5 Å². The number of aromatic nitrogens is 2. The summed E-state index contributed by atoms with van der Waals surface area (Å²) in [6, 6.07) is 6.18. The molecular weight excluding hydrogens is 250 g/mol. The zero-order chi connectivity index (χ0) is 12.4. The fourth-order valence-corrected chi connectivity index (χ4v) is 2.36. The Bertz CT molecular complexity index is 530. The van der Waals surface area contributed by atoms with Gasteiger partial charge in [-0.1, -0.05) is 10.6 Å². The molecule has 0 aliphatic carbocycles. The maximum absolute atomic E-state index is 5.57. The van der Waals surface area contributed by atoms with Crippen LogP contribution in [0.25, 0.3) is 0 Å². The van der Waals surface area contributed by atoms with E-state index in [9.17, 15) is 0 Å². The van der Waals surface area contributed by atoms with Gasteiger partial charge in [-0.3, -0.25) is 0 Å². The topological polar surface area (TPSA) is 56.3 Å². The van der Waals surface area contributed by atoms with Crippen molar-refractivity contribution in [2.24, 2.45) is 0 Å². The number of anilines is 1. The summed E-state index contributed by atoms with van der Waals surface area (Å²) in [5, 5.41) is 8.10. The van der Waals surface area contributed by atoms with Gasteiger partial charge in [-0.15, -0.1) is 5.10 Å². The standard InChI is InChI=1S/C12H13N3O2S/c1-8(14-12-7-13-15-18-12)9-2-3-10-11(6-9)17-5-4-16-10/h2-3,6-8,14H,4-5H2,1H3. The second kappa shape index (κ2) is 4.81. The van der Waals surface area contributed by atoms with Gasteiger partial charge in [-0.05, 0) is 24.6 Å². The van der Waals surface area contributed by atoms with Gasteiger partial charge in [0.25, 0.3) is 0 Å². The van der Waals surface area contributed by atoms with Gasteiger partial charge in [0.2, 0.25) is 0 Å². The summed E-state index contributed by atoms with van der Waals surface area (Å²) in [5.74, 6) is 1.63. The fourth-order valence-electron chi connectivity index (χ4n) is 1.86. The second-order valence-electron chi connectivity index (χ2n) is 4.05. The van der Waals surface area contributed by atoms with Crippen LogP contribution in [0.4, 0.5) is 5.00 Å². The lowest BCUT2D eigenvalue weighted by Gasteiger charge is -2.21. The zero-order valence-corrected chi connectivity index (χ0v) is 10.7. The number of hydrogen-bond donors (Lipinski definition) is 1. The van der Waals surface area contributed by atoms with E-state index in [0.29, 0.717) is 13.2 Å². The van der Waals surface area contributed by atoms with Gasteiger partial charge < -0.3 is 14.8 Å². The first-order valence-corrected chi connectivity index (χ1v) is 6.54. The third-order valence-corrected chi connectivity index (χ3v) is 3.38. The summed E-state index contributed by atoms with van der Waals surface area (Å²) in [4.78, 5) is 0. The van der Waals surface area contributed by atoms with E-state index in [0.717, 1.165) is 22.1 Å². The molecule has 0 amide bonds. The highest BCUT2D eigenvalue weighted by molar-refractivity contribution is 7.09. The Balaban J connectivity index is 1.79. The van der Waals surface area contributed by atoms with E-state index in [1.165, 1.54) is 11.5 Å². The summed E-state index contributed by atoms with van der Waals surface area (Å²) in [6.07, 6.45) is 1.72. The maximum atomic E-state index is 5.57. The van der Waals surface area contributed by atoms with Crippen LogP contribution in [0.3, 0.4) is 0 Å². The molecule has 0 spiro atoms. The lowest BCUT2D eigenvalue weighted by molar-refractivity contribution is 0.171. The molecule has 1 aromatic carbocycles. The first-order valence-electron chi connectivity index (χ1n) is 5.76. The molecule has 1 atom stereocenters. The van der Waals surface area contributed by atoms with E-state index in [1.807, 2.05) is 18.2 Å². The summed E-state index contributed by atoms with van der Waals surface area (Å²) in [6.45, 7) is 3.31. The van der Waals surface area contributed by atoms with E-state index >= 15 is 0 Å². The summed E-state index contributed by atoms with van der Waals surface area (Å²) in [5.41, 5.74) is 1.15. The molecule has 1 aromatic heterocycles. The Labute approximate surface area is 109 Å². The molecule has 18 heavy (non-hydrogen) atoms. The monoisotopic (exact) mass is 263 g/mol. The number of nitrogens with zero attached hydrogens (tertiary/aromatic N) is 2. The highest BCUT2D eigenvalue weighted by atomic mass is 32.1. The molecule has 0 fully saturated rings. The maximum Gasteiger partial charge on any atom is 0.161 e. The number of nitrogens with one attached hydrogen (secondary N) is 1. The normalized spacial score (nSPS) is 15.2. The van der Waals surface area contributed by atoms with E-state index < -0.39 is 0 Å². The molecule has 1 aliphatic heterocycles. The van der Waals surface area contributed by atoms with Crippen molar-refractivity contribution in [3.05, 3.63) is 30.0 Å². The molecule has 1 N–H and O–H groups in total. The van der Waals surface area contributed by atoms with Crippen LogP contribution < -0.4 is 14.8 Å². The number of fused-ring (bicyclic) bond motifs is 1. The van der Waals surface area contributed by atoms with Crippen LogP contribution in [-0.4, -0.2) is 22.8 Å². The van der Waals surface area contributed by atoms with E-state index in [4.69, 9.17) is 9.47 Å². The van der Waals surface area contributed by atoms with Gasteiger partial charge in [-0.2, -0.15) is 0 Å². The molecule has 3 rings (SSSR count). The van der Waals surface area contributed by atoms with Crippen LogP contribution in [0.2, 0.25) is 0 Å². The van der Waals surface area contributed by atoms with E-state index in [2.05, 4.69) is 21.8 Å². The zero-order valence-electron chi connectivity index (χ0n) is 9.92. The Morgan fingerprint density at radius 3 is 2.89 bits per heavy atom. The minimum atomic E-state index is 0.170. The lowest BCUT2D eigenvalue weighted by atomic mass is 10.1. The summed E-state index contributed by atoms with van der Waals surface area (Å²) >= 11 is 1.35. The van der Waals surface area contributed by atoms with Crippen molar-refractivity contribution in [1.82, 2.24) is 9.59 Å². The number of benzene rings is 1. The Hall–Kier alpha value is -1.82. The molecular formula is C12H13N3O2S. The number of ether oxygens (including phenoxy) is 2. The molecule has 2 heterocycles. The minimum Gasteiger partial charge on any atom is -0.486 e. The lowest BCUT2D eigenvalue weighted by Crippen LogP contribution is -2.16. The van der Waals surface area contributed by atoms with Gasteiger partial charge in [0, 0.05) is 17.6 Å². The molecule has 0 saturated carbocycles. The molecule has 2 aromatic rings. The van der Waals surface area contributed by atoms with E-state index in [-0.39, 0.29) is 6.04 Å². The molecule has 6 heteroatoms. The van der Waals surface area contributed by atoms with Crippen molar-refractivity contribution in [2.45, 2.75) is 13.0 Å². The first-order chi connectivity index (χ1) is 8.83. The van der Waals surface area contributed by atoms with Gasteiger partial charge in [0.1, 0.15) is 18.2 Å². The van der Waals surface area contributed by atoms with Crippen LogP contribution in [-0.2, 0) is 0 Å². The van der Waals surface area contributed by atoms with Crippen LogP contribution >= 0.6 is 11.5 Å². The van der Waals surface area contributed by atoms with Crippen molar-refractivity contribution in [3.8, 4) is 11.5 Å². The third-order valence-electron chi connectivity index (χ3n) is 2.79. The van der Waals surface area contributed by atoms with Gasteiger partial charge in [-0.25, -0.2) is 0 Å². The molecule has 0 radical (unpaired) electrons. The smallest absolute Gasteiger partial charge is 0.161 e. The second-order valence-corrected chi connectivity index (χ2v) is 4.84. The number of rotatable bonds is 3. The molecule has 0 bridgehead atoms. The van der Waals surface area contributed by atoms with Crippen molar-refractivity contribution in [3.63, 3.8) is 0 Å². The van der Waals surface area contributed by atoms with Crippen LogP contribution in [0.15, 0.2) is 24.4 Å². The molecule has 1 aliphatic rings. The van der Waals surface area contributed by atoms with E-state index in [1.54, 1.807) is 6.20 Å². The predicted molar refractivity (Wildman–Crippen MR) is 69.4 cm³/mol. The average Bonchev–Trinajstić information content (AvgIpc) is 2.91. The van der Waals surface area contributed by atoms with Crippen molar-refractivity contribution < 1.29 is 9.47 Å². The number of hydrogen-bond acceptors (Lipinski definition) is 6. The quantitative estimate of drug-likeness (QED) is 0.922. The summed E-state index contributed by atoms with van der Waals surface area (Å²) in [7, 11) is 0. The van der Waals surface area contributed by atoms with Crippen molar-refractivity contribution >= 4 is 16.5 Å². The van der Waals surface area contributed by atoms with Crippen LogP contribution in [0.1, 0.15) is 18.5 Å². The molecule has 1 unspecified atom stereocenters. The molecule has 5 nitrogen and oxygen atoms in total. The molecule has 0 saturated heterocycles. The third kappa shape index (κ3) is 2.24. The molecule has 94 valence electrons. The Kier molecular flexibility index (Phi) is 3.02. The van der Waals surface area contributed by atoms with Crippen LogP contribution in [0, 0.1) is 0 Å². The largest absolute Gasteiger partial charge is 0.486 e. The minimum absolute atomic E-state index is 0.170.